The summed E-state index contributed by atoms with van der Waals surface area (Å²) in [5.74, 6) is 0. The molecule has 0 aromatic carbocycles. The maximum Gasteiger partial charge on any atom is 0.00970 e. The summed E-state index contributed by atoms with van der Waals surface area (Å²) in [6, 6.07) is 0. The highest BCUT2D eigenvalue weighted by atomic mass is 31.0. The summed E-state index contributed by atoms with van der Waals surface area (Å²) in [6.45, 7) is 8.85. The monoisotopic (exact) mass is 245 g/mol. The van der Waals surface area contributed by atoms with Crippen molar-refractivity contribution in [3.8, 4) is 0 Å². The molecule has 0 aliphatic rings. The second-order valence-electron chi connectivity index (χ2n) is 6.26. The molecular weight excluding hydrogens is 213 g/mol. The summed E-state index contributed by atoms with van der Waals surface area (Å²) in [6.07, 6.45) is 10.5. The lowest BCUT2D eigenvalue weighted by atomic mass is 9.96. The van der Waals surface area contributed by atoms with Crippen LogP contribution in [0.2, 0.25) is 0 Å². The maximum absolute atomic E-state index is 5.95. The Balaban J connectivity index is 3.29. The van der Waals surface area contributed by atoms with Crippen LogP contribution in [0.25, 0.3) is 0 Å². The molecule has 0 amide bonds. The van der Waals surface area contributed by atoms with Gasteiger partial charge in [0.25, 0.3) is 0 Å². The van der Waals surface area contributed by atoms with E-state index in [4.69, 9.17) is 5.73 Å². The van der Waals surface area contributed by atoms with Gasteiger partial charge in [0.2, 0.25) is 0 Å². The van der Waals surface area contributed by atoms with E-state index in [1.807, 2.05) is 0 Å². The molecule has 0 spiro atoms. The fraction of sp³-hybridized carbons (Fsp3) is 1.00. The van der Waals surface area contributed by atoms with Crippen LogP contribution in [0.5, 0.6) is 0 Å². The van der Waals surface area contributed by atoms with Crippen molar-refractivity contribution in [3.05, 3.63) is 0 Å². The molecule has 0 rings (SSSR count). The molecular formula is C14H32NP. The van der Waals surface area contributed by atoms with Gasteiger partial charge in [-0.25, -0.2) is 0 Å². The zero-order chi connectivity index (χ0) is 12.7. The van der Waals surface area contributed by atoms with Crippen LogP contribution < -0.4 is 5.73 Å². The van der Waals surface area contributed by atoms with Crippen molar-refractivity contribution in [1.29, 1.82) is 0 Å². The minimum atomic E-state index is 0.0286. The van der Waals surface area contributed by atoms with Crippen LogP contribution in [0, 0.1) is 0 Å². The van der Waals surface area contributed by atoms with Gasteiger partial charge in [-0.2, -0.15) is 0 Å². The minimum Gasteiger partial charge on any atom is -0.326 e. The first-order valence-electron chi connectivity index (χ1n) is 6.85. The molecule has 0 radical (unpaired) electrons. The average Bonchev–Trinajstić information content (AvgIpc) is 2.14. The summed E-state index contributed by atoms with van der Waals surface area (Å²) < 4.78 is 0. The number of nitrogens with two attached hydrogens (primary N) is 1. The predicted octanol–water partition coefficient (Wildman–Crippen LogP) is 4.50. The van der Waals surface area contributed by atoms with Crippen molar-refractivity contribution >= 4 is 9.24 Å². The third kappa shape index (κ3) is 10.9. The molecule has 0 aliphatic heterocycles. The van der Waals surface area contributed by atoms with Gasteiger partial charge in [-0.1, -0.05) is 46.0 Å². The van der Waals surface area contributed by atoms with Crippen molar-refractivity contribution in [2.75, 3.05) is 0 Å². The molecule has 0 saturated carbocycles. The zero-order valence-electron chi connectivity index (χ0n) is 11.8. The number of unbranched alkanes of at least 4 members (excludes halogenated alkanes) is 4. The third-order valence-electron chi connectivity index (χ3n) is 3.38. The average molecular weight is 245 g/mol. The largest absolute Gasteiger partial charge is 0.326 e. The van der Waals surface area contributed by atoms with Gasteiger partial charge in [-0.15, -0.1) is 9.24 Å². The van der Waals surface area contributed by atoms with Crippen molar-refractivity contribution in [1.82, 2.24) is 0 Å². The van der Waals surface area contributed by atoms with E-state index in [2.05, 4.69) is 36.9 Å². The Morgan fingerprint density at radius 1 is 0.875 bits per heavy atom. The second kappa shape index (κ2) is 7.67. The van der Waals surface area contributed by atoms with Gasteiger partial charge in [0.1, 0.15) is 0 Å². The van der Waals surface area contributed by atoms with E-state index < -0.39 is 0 Å². The molecule has 2 N–H and O–H groups in total. The predicted molar refractivity (Wildman–Crippen MR) is 79.0 cm³/mol. The highest BCUT2D eigenvalue weighted by Gasteiger charge is 2.14. The van der Waals surface area contributed by atoms with Gasteiger partial charge in [0.15, 0.2) is 0 Å². The normalized spacial score (nSPS) is 16.1. The molecule has 2 atom stereocenters. The molecule has 1 nitrogen and oxygen atoms in total. The molecule has 2 unspecified atom stereocenters. The lowest BCUT2D eigenvalue weighted by Crippen LogP contribution is -2.31. The van der Waals surface area contributed by atoms with Crippen LogP contribution >= 0.6 is 9.24 Å². The topological polar surface area (TPSA) is 26.0 Å². The van der Waals surface area contributed by atoms with Crippen molar-refractivity contribution < 1.29 is 0 Å². The van der Waals surface area contributed by atoms with E-state index in [0.717, 1.165) is 6.42 Å². The molecule has 0 aromatic heterocycles. The van der Waals surface area contributed by atoms with E-state index >= 15 is 0 Å². The van der Waals surface area contributed by atoms with Gasteiger partial charge < -0.3 is 5.73 Å². The molecule has 16 heavy (non-hydrogen) atoms. The Hall–Kier alpha value is 0.390. The molecule has 0 fully saturated rings. The quantitative estimate of drug-likeness (QED) is 0.470. The van der Waals surface area contributed by atoms with E-state index in [1.165, 1.54) is 44.9 Å². The molecule has 0 aliphatic carbocycles. The van der Waals surface area contributed by atoms with Crippen molar-refractivity contribution in [2.45, 2.75) is 89.8 Å². The lowest BCUT2D eigenvalue weighted by Gasteiger charge is -2.22. The van der Waals surface area contributed by atoms with Crippen LogP contribution in [-0.4, -0.2) is 10.7 Å². The van der Waals surface area contributed by atoms with E-state index in [-0.39, 0.29) is 5.54 Å². The van der Waals surface area contributed by atoms with Gasteiger partial charge in [-0.05, 0) is 38.3 Å². The van der Waals surface area contributed by atoms with Crippen molar-refractivity contribution in [2.24, 2.45) is 5.73 Å². The standard InChI is InChI=1S/C14H32NP/c1-5-14(4,16)12-10-8-6-7-9-11-13(2,3)15/h5-12,15-16H2,1-4H3. The van der Waals surface area contributed by atoms with Gasteiger partial charge in [0.05, 0.1) is 0 Å². The SMILES string of the molecule is CCC(C)(P)CCCCCCCC(C)(C)N. The lowest BCUT2D eigenvalue weighted by molar-refractivity contribution is 0.437. The van der Waals surface area contributed by atoms with Crippen LogP contribution in [0.1, 0.15) is 79.1 Å². The summed E-state index contributed by atoms with van der Waals surface area (Å²) >= 11 is 0. The second-order valence-corrected chi connectivity index (χ2v) is 7.66. The summed E-state index contributed by atoms with van der Waals surface area (Å²) in [5.41, 5.74) is 5.98. The molecule has 98 valence electrons. The molecule has 0 heterocycles. The third-order valence-corrected chi connectivity index (χ3v) is 4.07. The van der Waals surface area contributed by atoms with E-state index in [9.17, 15) is 0 Å². The van der Waals surface area contributed by atoms with Crippen LogP contribution in [0.3, 0.4) is 0 Å². The number of rotatable bonds is 9. The first-order valence-corrected chi connectivity index (χ1v) is 7.42. The van der Waals surface area contributed by atoms with Gasteiger partial charge in [-0.3, -0.25) is 0 Å². The summed E-state index contributed by atoms with van der Waals surface area (Å²) in [4.78, 5) is 0. The highest BCUT2D eigenvalue weighted by molar-refractivity contribution is 7.18. The Morgan fingerprint density at radius 3 is 1.75 bits per heavy atom. The van der Waals surface area contributed by atoms with E-state index in [0.29, 0.717) is 5.16 Å². The van der Waals surface area contributed by atoms with Gasteiger partial charge in [0, 0.05) is 5.54 Å². The first kappa shape index (κ1) is 16.4. The Kier molecular flexibility index (Phi) is 7.85. The molecule has 0 aromatic rings. The maximum atomic E-state index is 5.95. The molecule has 2 heteroatoms. The first-order chi connectivity index (χ1) is 7.27. The molecule has 0 bridgehead atoms. The fourth-order valence-corrected chi connectivity index (χ4v) is 2.02. The van der Waals surface area contributed by atoms with Crippen LogP contribution in [0.4, 0.5) is 0 Å². The Labute approximate surface area is 105 Å². The Bertz CT molecular complexity index is 170. The van der Waals surface area contributed by atoms with Crippen LogP contribution in [0.15, 0.2) is 0 Å². The van der Waals surface area contributed by atoms with E-state index in [1.54, 1.807) is 0 Å². The van der Waals surface area contributed by atoms with Gasteiger partial charge >= 0.3 is 0 Å². The zero-order valence-corrected chi connectivity index (χ0v) is 13.0. The van der Waals surface area contributed by atoms with Crippen molar-refractivity contribution in [3.63, 3.8) is 0 Å². The smallest absolute Gasteiger partial charge is 0.00970 e. The summed E-state index contributed by atoms with van der Waals surface area (Å²) in [5, 5.41) is 0.471. The minimum absolute atomic E-state index is 0.0286. The number of hydrogen-bond acceptors (Lipinski definition) is 1. The van der Waals surface area contributed by atoms with Crippen LogP contribution in [-0.2, 0) is 0 Å². The highest BCUT2D eigenvalue weighted by Crippen LogP contribution is 2.28. The summed E-state index contributed by atoms with van der Waals surface area (Å²) in [7, 11) is 3.00. The molecule has 0 saturated heterocycles. The number of hydrogen-bond donors (Lipinski definition) is 1. The fourth-order valence-electron chi connectivity index (χ4n) is 1.82. The Morgan fingerprint density at radius 2 is 1.31 bits per heavy atom.